The quantitative estimate of drug-likeness (QED) is 0.0168. The number of esters is 1. The molecule has 0 aromatic carbocycles. The molecule has 0 amide bonds. The van der Waals surface area contributed by atoms with Crippen LogP contribution in [0.1, 0.15) is 203 Å². The summed E-state index contributed by atoms with van der Waals surface area (Å²) >= 11 is 3.26. The minimum absolute atomic E-state index is 0. The van der Waals surface area contributed by atoms with Crippen LogP contribution in [0.4, 0.5) is 0 Å². The van der Waals surface area contributed by atoms with Crippen LogP contribution < -0.4 is 11.3 Å². The predicted molar refractivity (Wildman–Crippen MR) is 285 cm³/mol. The molecule has 4 rings (SSSR count). The first kappa shape index (κ1) is 62.2. The number of aromatic hydroxyl groups is 2. The van der Waals surface area contributed by atoms with Gasteiger partial charge in [0.15, 0.2) is 11.6 Å². The summed E-state index contributed by atoms with van der Waals surface area (Å²) in [6, 6.07) is 10.7. The lowest BCUT2D eigenvalue weighted by Gasteiger charge is -2.11. The van der Waals surface area contributed by atoms with E-state index in [9.17, 15) is 39.0 Å². The molecule has 2 unspecified atom stereocenters. The fourth-order valence-electron chi connectivity index (χ4n) is 7.06. The number of carboxylic acid groups (broad SMARTS) is 1. The Hall–Kier alpha value is -5.86. The van der Waals surface area contributed by atoms with Gasteiger partial charge in [-0.1, -0.05) is 99.3 Å². The zero-order chi connectivity index (χ0) is 50.2. The average Bonchev–Trinajstić information content (AvgIpc) is 3.95. The number of carbonyl (C=O) groups is 4. The van der Waals surface area contributed by atoms with Gasteiger partial charge in [-0.25, -0.2) is 14.4 Å². The minimum Gasteiger partial charge on any atom is -0.507 e. The summed E-state index contributed by atoms with van der Waals surface area (Å²) in [5.41, 5.74) is -1.72. The standard InChI is InChI=1S/C28H36O6S.C26H32O6S.2CH4/c1-5-6-7-10-13-21-15-16-22(35-21)17-20(3)27(31)26-23(29)18-24(34-28(26)32)19(2)12-9-8-11-14-25(30)33-4;1-4-5-6-7-11-19-13-14-20(33-19)15-18(3)25(30)24-21(27)16-22(32-26(24)31)17(2)10-8-9-12-23(28)29;;/h8,11,15-19,29H,5-7,9-10,12-14H2,1-4H3;9,12-17,27H,4-8,10-11H2,1-3H3,(H,28,29);2*1H4/b11-8+,20-17?;12-9+,18-15?;;. The largest absolute Gasteiger partial charge is 0.507 e. The zero-order valence-electron chi connectivity index (χ0n) is 40.5. The fraction of sp³-hybridized carbons (Fsp3) is 0.464. The molecule has 0 saturated heterocycles. The first-order chi connectivity index (χ1) is 32.5. The second-order valence-electron chi connectivity index (χ2n) is 16.9. The minimum atomic E-state index is -1.02. The summed E-state index contributed by atoms with van der Waals surface area (Å²) in [7, 11) is 1.34. The van der Waals surface area contributed by atoms with E-state index in [0.29, 0.717) is 42.6 Å². The van der Waals surface area contributed by atoms with E-state index in [-0.39, 0.29) is 61.7 Å². The lowest BCUT2D eigenvalue weighted by Crippen LogP contribution is -2.16. The van der Waals surface area contributed by atoms with Crippen LogP contribution in [0.25, 0.3) is 12.2 Å². The van der Waals surface area contributed by atoms with Gasteiger partial charge in [0.1, 0.15) is 34.1 Å². The lowest BCUT2D eigenvalue weighted by atomic mass is 9.99. The summed E-state index contributed by atoms with van der Waals surface area (Å²) in [6.45, 7) is 11.3. The first-order valence-electron chi connectivity index (χ1n) is 23.5. The van der Waals surface area contributed by atoms with Crippen molar-refractivity contribution < 1.29 is 48.1 Å². The van der Waals surface area contributed by atoms with Crippen molar-refractivity contribution >= 4 is 58.3 Å². The number of hydrogen-bond acceptors (Lipinski definition) is 13. The number of ether oxygens (including phenoxy) is 1. The van der Waals surface area contributed by atoms with E-state index >= 15 is 0 Å². The molecule has 4 aromatic heterocycles. The average molecular weight is 1010 g/mol. The molecule has 0 saturated carbocycles. The lowest BCUT2D eigenvalue weighted by molar-refractivity contribution is -0.139. The van der Waals surface area contributed by atoms with Gasteiger partial charge in [0.25, 0.3) is 0 Å². The van der Waals surface area contributed by atoms with Gasteiger partial charge in [-0.2, -0.15) is 0 Å². The Morgan fingerprint density at radius 2 is 1.09 bits per heavy atom. The molecule has 14 heteroatoms. The van der Waals surface area contributed by atoms with E-state index in [1.807, 2.05) is 25.1 Å². The number of aliphatic carboxylic acids is 1. The number of carbonyl (C=O) groups excluding carboxylic acids is 3. The second kappa shape index (κ2) is 32.9. The molecule has 70 heavy (non-hydrogen) atoms. The van der Waals surface area contributed by atoms with Gasteiger partial charge >= 0.3 is 23.2 Å². The highest BCUT2D eigenvalue weighted by atomic mass is 32.1. The number of thiophene rings is 2. The summed E-state index contributed by atoms with van der Waals surface area (Å²) in [5, 5.41) is 29.5. The van der Waals surface area contributed by atoms with Crippen molar-refractivity contribution in [1.82, 2.24) is 0 Å². The SMILES string of the molecule is C.C.CCCCCCc1ccc(C=C(C)C(=O)c2c(O)cc(C(C)CC/C=C/C(=O)O)oc2=O)s1.CCCCCCc1ccc(C=C(C)C(=O)c2c(O)cc(C(C)CC/C=C/CC(=O)OC)oc2=O)s1. The number of carboxylic acids is 1. The van der Waals surface area contributed by atoms with E-state index in [0.717, 1.165) is 41.5 Å². The number of unbranched alkanes of at least 4 members (excludes halogenated alkanes) is 6. The van der Waals surface area contributed by atoms with Gasteiger partial charge in [-0.15, -0.1) is 22.7 Å². The van der Waals surface area contributed by atoms with Crippen molar-refractivity contribution in [3.8, 4) is 11.5 Å². The third-order valence-corrected chi connectivity index (χ3v) is 13.3. The Kier molecular flexibility index (Phi) is 29.2. The van der Waals surface area contributed by atoms with Crippen molar-refractivity contribution in [3.63, 3.8) is 0 Å². The van der Waals surface area contributed by atoms with Crippen molar-refractivity contribution in [2.75, 3.05) is 7.11 Å². The normalized spacial score (nSPS) is 12.4. The third kappa shape index (κ3) is 21.0. The molecule has 0 aliphatic heterocycles. The molecule has 12 nitrogen and oxygen atoms in total. The summed E-state index contributed by atoms with van der Waals surface area (Å²) in [5.74, 6) is -3.03. The molecule has 2 atom stereocenters. The van der Waals surface area contributed by atoms with Gasteiger partial charge in [-0.3, -0.25) is 14.4 Å². The van der Waals surface area contributed by atoms with E-state index in [1.165, 1.54) is 73.6 Å². The molecular weight excluding hydrogens is 929 g/mol. The molecule has 0 fully saturated rings. The fourth-order valence-corrected chi connectivity index (χ4v) is 9.17. The van der Waals surface area contributed by atoms with Crippen LogP contribution in [0.2, 0.25) is 0 Å². The van der Waals surface area contributed by atoms with Crippen molar-refractivity contribution in [2.45, 2.75) is 165 Å². The van der Waals surface area contributed by atoms with Crippen LogP contribution in [-0.4, -0.2) is 45.9 Å². The van der Waals surface area contributed by atoms with Crippen LogP contribution in [0, 0.1) is 0 Å². The molecule has 0 bridgehead atoms. The van der Waals surface area contributed by atoms with E-state index in [1.54, 1.807) is 61.7 Å². The number of Topliss-reactive ketones (excluding diaryl/α,β-unsaturated/α-hetero) is 2. The molecule has 4 heterocycles. The Balaban J connectivity index is 0.000000682. The third-order valence-electron chi connectivity index (χ3n) is 11.1. The number of rotatable bonds is 27. The summed E-state index contributed by atoms with van der Waals surface area (Å²) < 4.78 is 15.3. The van der Waals surface area contributed by atoms with Crippen LogP contribution in [0.5, 0.6) is 11.5 Å². The molecule has 0 aliphatic rings. The maximum Gasteiger partial charge on any atom is 0.351 e. The Morgan fingerprint density at radius 1 is 0.657 bits per heavy atom. The van der Waals surface area contributed by atoms with Crippen LogP contribution in [-0.2, 0) is 27.2 Å². The van der Waals surface area contributed by atoms with Crippen molar-refractivity contribution in [3.05, 3.63) is 135 Å². The molecule has 0 spiro atoms. The van der Waals surface area contributed by atoms with Crippen molar-refractivity contribution in [1.29, 1.82) is 0 Å². The Bertz CT molecular complexity index is 2530. The number of allylic oxidation sites excluding steroid dienone is 4. The molecule has 384 valence electrons. The summed E-state index contributed by atoms with van der Waals surface area (Å²) in [6.07, 6.45) is 23.8. The van der Waals surface area contributed by atoms with E-state index in [4.69, 9.17) is 13.9 Å². The monoisotopic (exact) mass is 1000 g/mol. The van der Waals surface area contributed by atoms with Crippen molar-refractivity contribution in [2.24, 2.45) is 0 Å². The molecule has 4 aromatic rings. The zero-order valence-corrected chi connectivity index (χ0v) is 42.2. The highest BCUT2D eigenvalue weighted by Crippen LogP contribution is 2.29. The number of aryl methyl sites for hydroxylation is 2. The Labute approximate surface area is 422 Å². The van der Waals surface area contributed by atoms with E-state index in [2.05, 4.69) is 30.7 Å². The molecule has 0 aliphatic carbocycles. The maximum atomic E-state index is 12.9. The smallest absolute Gasteiger partial charge is 0.351 e. The van der Waals surface area contributed by atoms with Gasteiger partial charge in [-0.05, 0) is 113 Å². The highest BCUT2D eigenvalue weighted by Gasteiger charge is 2.24. The molecule has 0 radical (unpaired) electrons. The van der Waals surface area contributed by atoms with Gasteiger partial charge in [0, 0.05) is 49.6 Å². The first-order valence-corrected chi connectivity index (χ1v) is 25.1. The highest BCUT2D eigenvalue weighted by molar-refractivity contribution is 7.13. The second-order valence-corrected chi connectivity index (χ2v) is 19.3. The predicted octanol–water partition coefficient (Wildman–Crippen LogP) is 14.4. The van der Waals surface area contributed by atoms with Crippen LogP contribution in [0.15, 0.2) is 90.3 Å². The molecular formula is C56H76O12S2. The van der Waals surface area contributed by atoms with Gasteiger partial charge in [0.05, 0.1) is 13.5 Å². The number of methoxy groups -OCH3 is 1. The maximum absolute atomic E-state index is 12.9. The number of hydrogen-bond donors (Lipinski definition) is 3. The van der Waals surface area contributed by atoms with E-state index < -0.39 is 34.5 Å². The Morgan fingerprint density at radius 3 is 1.47 bits per heavy atom. The molecule has 3 N–H and O–H groups in total. The van der Waals surface area contributed by atoms with Gasteiger partial charge < -0.3 is 28.9 Å². The number of ketones is 2. The van der Waals surface area contributed by atoms with Crippen LogP contribution >= 0.6 is 22.7 Å². The summed E-state index contributed by atoms with van der Waals surface area (Å²) in [4.78, 5) is 76.9. The topological polar surface area (TPSA) is 199 Å². The van der Waals surface area contributed by atoms with Crippen LogP contribution in [0.3, 0.4) is 0 Å². The van der Waals surface area contributed by atoms with Gasteiger partial charge in [0.2, 0.25) is 0 Å².